The first-order chi connectivity index (χ1) is 7.19. The normalized spacial score (nSPS) is 12.3. The fourth-order valence-electron chi connectivity index (χ4n) is 1.31. The van der Waals surface area contributed by atoms with Gasteiger partial charge in [0.05, 0.1) is 19.1 Å². The molecule has 3 nitrogen and oxygen atoms in total. The van der Waals surface area contributed by atoms with Crippen LogP contribution >= 0.6 is 11.6 Å². The molecule has 0 amide bonds. The van der Waals surface area contributed by atoms with Crippen LogP contribution < -0.4 is 10.1 Å². The predicted molar refractivity (Wildman–Crippen MR) is 62.9 cm³/mol. The maximum atomic E-state index is 9.31. The number of hydrogen-bond acceptors (Lipinski definition) is 3. The monoisotopic (exact) mass is 229 g/mol. The van der Waals surface area contributed by atoms with E-state index in [1.165, 1.54) is 0 Å². The number of rotatable bonds is 5. The van der Waals surface area contributed by atoms with Crippen molar-refractivity contribution in [2.24, 2.45) is 0 Å². The smallest absolute Gasteiger partial charge is 0.123 e. The average molecular weight is 230 g/mol. The zero-order valence-corrected chi connectivity index (χ0v) is 9.71. The van der Waals surface area contributed by atoms with Gasteiger partial charge in [-0.2, -0.15) is 0 Å². The number of ether oxygens (including phenoxy) is 1. The highest BCUT2D eigenvalue weighted by molar-refractivity contribution is 6.18. The molecule has 0 radical (unpaired) electrons. The van der Waals surface area contributed by atoms with Gasteiger partial charge in [-0.3, -0.25) is 0 Å². The maximum Gasteiger partial charge on any atom is 0.123 e. The zero-order valence-electron chi connectivity index (χ0n) is 8.96. The fourth-order valence-corrected chi connectivity index (χ4v) is 1.42. The van der Waals surface area contributed by atoms with Crippen molar-refractivity contribution >= 4 is 17.3 Å². The Labute approximate surface area is 95.0 Å². The molecule has 1 atom stereocenters. The summed E-state index contributed by atoms with van der Waals surface area (Å²) in [6, 6.07) is 5.75. The Kier molecular flexibility index (Phi) is 4.72. The van der Waals surface area contributed by atoms with Crippen molar-refractivity contribution < 1.29 is 9.84 Å². The summed E-state index contributed by atoms with van der Waals surface area (Å²) < 4.78 is 5.19. The molecule has 0 fully saturated rings. The standard InChI is InChI=1S/C11H16ClNO2/c1-8-10(13-7-9(14)6-12)4-3-5-11(8)15-2/h3-5,9,13-14H,6-7H2,1-2H3. The van der Waals surface area contributed by atoms with Gasteiger partial charge >= 0.3 is 0 Å². The van der Waals surface area contributed by atoms with E-state index in [0.717, 1.165) is 17.0 Å². The molecule has 0 aliphatic heterocycles. The van der Waals surface area contributed by atoms with Crippen LogP contribution in [0.5, 0.6) is 5.75 Å². The van der Waals surface area contributed by atoms with Gasteiger partial charge in [0.2, 0.25) is 0 Å². The van der Waals surface area contributed by atoms with E-state index in [2.05, 4.69) is 5.32 Å². The van der Waals surface area contributed by atoms with Gasteiger partial charge < -0.3 is 15.2 Å². The Hall–Kier alpha value is -0.930. The van der Waals surface area contributed by atoms with Gasteiger partial charge in [0, 0.05) is 17.8 Å². The molecule has 1 unspecified atom stereocenters. The number of anilines is 1. The van der Waals surface area contributed by atoms with E-state index in [4.69, 9.17) is 16.3 Å². The lowest BCUT2D eigenvalue weighted by Gasteiger charge is -2.14. The summed E-state index contributed by atoms with van der Waals surface area (Å²) in [5.74, 6) is 1.07. The molecule has 0 aliphatic carbocycles. The number of aliphatic hydroxyl groups excluding tert-OH is 1. The highest BCUT2D eigenvalue weighted by atomic mass is 35.5. The van der Waals surface area contributed by atoms with E-state index in [0.29, 0.717) is 6.54 Å². The summed E-state index contributed by atoms with van der Waals surface area (Å²) in [5.41, 5.74) is 1.99. The van der Waals surface area contributed by atoms with Gasteiger partial charge in [-0.05, 0) is 19.1 Å². The van der Waals surface area contributed by atoms with E-state index < -0.39 is 6.10 Å². The SMILES string of the molecule is COc1cccc(NCC(O)CCl)c1C. The Bertz CT molecular complexity index is 317. The molecular formula is C11H16ClNO2. The third-order valence-corrected chi connectivity index (χ3v) is 2.57. The fraction of sp³-hybridized carbons (Fsp3) is 0.455. The molecule has 4 heteroatoms. The highest BCUT2D eigenvalue weighted by Crippen LogP contribution is 2.24. The molecule has 0 aromatic heterocycles. The van der Waals surface area contributed by atoms with Crippen LogP contribution in [0.2, 0.25) is 0 Å². The molecule has 15 heavy (non-hydrogen) atoms. The van der Waals surface area contributed by atoms with Crippen LogP contribution in [0.25, 0.3) is 0 Å². The number of methoxy groups -OCH3 is 1. The average Bonchev–Trinajstić information content (AvgIpc) is 2.27. The summed E-state index contributed by atoms with van der Waals surface area (Å²) in [5, 5.41) is 12.4. The first-order valence-corrected chi connectivity index (χ1v) is 5.34. The van der Waals surface area contributed by atoms with Crippen LogP contribution in [0.15, 0.2) is 18.2 Å². The lowest BCUT2D eigenvalue weighted by Crippen LogP contribution is -2.21. The molecular weight excluding hydrogens is 214 g/mol. The second-order valence-corrected chi connectivity index (χ2v) is 3.63. The molecule has 0 bridgehead atoms. The summed E-state index contributed by atoms with van der Waals surface area (Å²) in [7, 11) is 1.64. The molecule has 1 rings (SSSR count). The molecule has 1 aromatic rings. The van der Waals surface area contributed by atoms with Crippen molar-refractivity contribution in [3.8, 4) is 5.75 Å². The van der Waals surface area contributed by atoms with Gasteiger partial charge in [0.15, 0.2) is 0 Å². The third kappa shape index (κ3) is 3.29. The Morgan fingerprint density at radius 1 is 1.53 bits per heavy atom. The number of nitrogens with one attached hydrogen (secondary N) is 1. The molecule has 0 spiro atoms. The van der Waals surface area contributed by atoms with Crippen molar-refractivity contribution in [1.82, 2.24) is 0 Å². The van der Waals surface area contributed by atoms with Crippen LogP contribution in [0.3, 0.4) is 0 Å². The van der Waals surface area contributed by atoms with Gasteiger partial charge in [0.25, 0.3) is 0 Å². The summed E-state index contributed by atoms with van der Waals surface area (Å²) in [4.78, 5) is 0. The first-order valence-electron chi connectivity index (χ1n) is 4.80. The van der Waals surface area contributed by atoms with Crippen LogP contribution in [0.1, 0.15) is 5.56 Å². The first kappa shape index (κ1) is 12.1. The summed E-state index contributed by atoms with van der Waals surface area (Å²) >= 11 is 5.50. The highest BCUT2D eigenvalue weighted by Gasteiger charge is 2.05. The third-order valence-electron chi connectivity index (χ3n) is 2.21. The molecule has 0 saturated carbocycles. The lowest BCUT2D eigenvalue weighted by atomic mass is 10.1. The maximum absolute atomic E-state index is 9.31. The van der Waals surface area contributed by atoms with Crippen molar-refractivity contribution in [3.05, 3.63) is 23.8 Å². The summed E-state index contributed by atoms with van der Waals surface area (Å²) in [6.45, 7) is 2.41. The van der Waals surface area contributed by atoms with Crippen molar-refractivity contribution in [2.45, 2.75) is 13.0 Å². The Morgan fingerprint density at radius 3 is 2.87 bits per heavy atom. The van der Waals surface area contributed by atoms with Crippen LogP contribution in [0, 0.1) is 6.92 Å². The number of aliphatic hydroxyl groups is 1. The van der Waals surface area contributed by atoms with E-state index in [9.17, 15) is 5.11 Å². The topological polar surface area (TPSA) is 41.5 Å². The van der Waals surface area contributed by atoms with Crippen LogP contribution in [-0.4, -0.2) is 30.7 Å². The number of alkyl halides is 1. The zero-order chi connectivity index (χ0) is 11.3. The van der Waals surface area contributed by atoms with Gasteiger partial charge in [-0.15, -0.1) is 11.6 Å². The van der Waals surface area contributed by atoms with E-state index in [1.54, 1.807) is 7.11 Å². The number of halogens is 1. The Morgan fingerprint density at radius 2 is 2.27 bits per heavy atom. The van der Waals surface area contributed by atoms with Gasteiger partial charge in [-0.25, -0.2) is 0 Å². The molecule has 0 saturated heterocycles. The minimum atomic E-state index is -0.530. The van der Waals surface area contributed by atoms with Gasteiger partial charge in [0.1, 0.15) is 5.75 Å². The van der Waals surface area contributed by atoms with E-state index in [-0.39, 0.29) is 5.88 Å². The Balaban J connectivity index is 2.68. The molecule has 0 heterocycles. The lowest BCUT2D eigenvalue weighted by molar-refractivity contribution is 0.211. The van der Waals surface area contributed by atoms with Crippen molar-refractivity contribution in [3.63, 3.8) is 0 Å². The molecule has 1 aromatic carbocycles. The second-order valence-electron chi connectivity index (χ2n) is 3.32. The van der Waals surface area contributed by atoms with Crippen molar-refractivity contribution in [1.29, 1.82) is 0 Å². The minimum Gasteiger partial charge on any atom is -0.496 e. The van der Waals surface area contributed by atoms with Crippen LogP contribution in [0.4, 0.5) is 5.69 Å². The number of benzene rings is 1. The van der Waals surface area contributed by atoms with E-state index >= 15 is 0 Å². The minimum absolute atomic E-state index is 0.232. The molecule has 2 N–H and O–H groups in total. The summed E-state index contributed by atoms with van der Waals surface area (Å²) in [6.07, 6.45) is -0.530. The predicted octanol–water partition coefficient (Wildman–Crippen LogP) is 2.02. The quantitative estimate of drug-likeness (QED) is 0.759. The van der Waals surface area contributed by atoms with Gasteiger partial charge in [-0.1, -0.05) is 6.07 Å². The number of hydrogen-bond donors (Lipinski definition) is 2. The second kappa shape index (κ2) is 5.83. The van der Waals surface area contributed by atoms with E-state index in [1.807, 2.05) is 25.1 Å². The largest absolute Gasteiger partial charge is 0.496 e. The molecule has 0 aliphatic rings. The van der Waals surface area contributed by atoms with Crippen LogP contribution in [-0.2, 0) is 0 Å². The molecule has 84 valence electrons. The van der Waals surface area contributed by atoms with Crippen molar-refractivity contribution in [2.75, 3.05) is 24.9 Å².